The van der Waals surface area contributed by atoms with Crippen LogP contribution in [-0.2, 0) is 4.74 Å². The molecule has 0 atom stereocenters. The van der Waals surface area contributed by atoms with Crippen molar-refractivity contribution in [1.82, 2.24) is 4.98 Å². The highest BCUT2D eigenvalue weighted by molar-refractivity contribution is 5.88. The number of hydrogen-bond acceptors (Lipinski definition) is 4. The Hall–Kier alpha value is -1.62. The minimum absolute atomic E-state index is 0.184. The molecule has 2 heterocycles. The summed E-state index contributed by atoms with van der Waals surface area (Å²) >= 11 is 0. The van der Waals surface area contributed by atoms with Gasteiger partial charge in [-0.15, -0.1) is 0 Å². The van der Waals surface area contributed by atoms with E-state index >= 15 is 0 Å². The lowest BCUT2D eigenvalue weighted by atomic mass is 10.0. The van der Waals surface area contributed by atoms with Crippen LogP contribution < -0.4 is 4.90 Å². The molecule has 2 rings (SSSR count). The molecule has 1 aromatic heterocycles. The lowest BCUT2D eigenvalue weighted by Gasteiger charge is -2.43. The normalized spacial score (nSPS) is 18.4. The molecule has 1 saturated heterocycles. The van der Waals surface area contributed by atoms with Crippen LogP contribution in [0.1, 0.15) is 49.7 Å². The van der Waals surface area contributed by atoms with E-state index in [9.17, 15) is 9.90 Å². The van der Waals surface area contributed by atoms with Crippen LogP contribution in [0.2, 0.25) is 0 Å². The van der Waals surface area contributed by atoms with Gasteiger partial charge in [-0.3, -0.25) is 0 Å². The highest BCUT2D eigenvalue weighted by Gasteiger charge is 2.32. The Morgan fingerprint density at radius 1 is 1.45 bits per heavy atom. The van der Waals surface area contributed by atoms with Crippen molar-refractivity contribution in [2.24, 2.45) is 0 Å². The molecule has 0 spiro atoms. The summed E-state index contributed by atoms with van der Waals surface area (Å²) in [6, 6.07) is 3.31. The van der Waals surface area contributed by atoms with Gasteiger partial charge in [0, 0.05) is 12.2 Å². The van der Waals surface area contributed by atoms with Crippen LogP contribution in [0.5, 0.6) is 0 Å². The van der Waals surface area contributed by atoms with Crippen molar-refractivity contribution in [1.29, 1.82) is 0 Å². The molecule has 110 valence electrons. The standard InChI is InChI=1S/C15H22N2O3/c1-10(2)12-7-11(14(18)19)8-13(16-12)17-5-6-20-9-15(17,3)4/h7-8,10H,5-6,9H2,1-4H3,(H,18,19). The van der Waals surface area contributed by atoms with Crippen LogP contribution in [0.3, 0.4) is 0 Å². The Balaban J connectivity index is 2.46. The number of rotatable bonds is 3. The predicted molar refractivity (Wildman–Crippen MR) is 77.5 cm³/mol. The van der Waals surface area contributed by atoms with Crippen molar-refractivity contribution < 1.29 is 14.6 Å². The molecule has 0 unspecified atom stereocenters. The number of aromatic nitrogens is 1. The molecular formula is C15H22N2O3. The summed E-state index contributed by atoms with van der Waals surface area (Å²) < 4.78 is 5.51. The summed E-state index contributed by atoms with van der Waals surface area (Å²) in [5, 5.41) is 9.27. The first-order chi connectivity index (χ1) is 9.31. The molecule has 1 aliphatic rings. The Morgan fingerprint density at radius 3 is 2.70 bits per heavy atom. The minimum Gasteiger partial charge on any atom is -0.478 e. The van der Waals surface area contributed by atoms with Crippen molar-refractivity contribution in [2.75, 3.05) is 24.7 Å². The molecule has 20 heavy (non-hydrogen) atoms. The van der Waals surface area contributed by atoms with Crippen LogP contribution in [0.25, 0.3) is 0 Å². The largest absolute Gasteiger partial charge is 0.478 e. The van der Waals surface area contributed by atoms with Gasteiger partial charge in [-0.05, 0) is 31.9 Å². The monoisotopic (exact) mass is 278 g/mol. The van der Waals surface area contributed by atoms with Gasteiger partial charge in [0.2, 0.25) is 0 Å². The summed E-state index contributed by atoms with van der Waals surface area (Å²) in [6.45, 7) is 10.2. The lowest BCUT2D eigenvalue weighted by Crippen LogP contribution is -2.53. The van der Waals surface area contributed by atoms with Crippen LogP contribution >= 0.6 is 0 Å². The molecular weight excluding hydrogens is 256 g/mol. The smallest absolute Gasteiger partial charge is 0.335 e. The van der Waals surface area contributed by atoms with Gasteiger partial charge in [0.15, 0.2) is 0 Å². The predicted octanol–water partition coefficient (Wildman–Crippen LogP) is 2.52. The first-order valence-corrected chi connectivity index (χ1v) is 6.92. The summed E-state index contributed by atoms with van der Waals surface area (Å²) in [5.41, 5.74) is 0.916. The second-order valence-corrected chi connectivity index (χ2v) is 6.12. The molecule has 1 N–H and O–H groups in total. The van der Waals surface area contributed by atoms with Crippen LogP contribution in [0.15, 0.2) is 12.1 Å². The molecule has 5 heteroatoms. The first-order valence-electron chi connectivity index (χ1n) is 6.92. The van der Waals surface area contributed by atoms with E-state index in [0.29, 0.717) is 18.8 Å². The minimum atomic E-state index is -0.915. The first kappa shape index (κ1) is 14.8. The van der Waals surface area contributed by atoms with Crippen molar-refractivity contribution >= 4 is 11.8 Å². The van der Waals surface area contributed by atoms with Gasteiger partial charge in [-0.2, -0.15) is 0 Å². The number of carbonyl (C=O) groups is 1. The van der Waals surface area contributed by atoms with Gasteiger partial charge in [-0.1, -0.05) is 13.8 Å². The lowest BCUT2D eigenvalue weighted by molar-refractivity contribution is 0.0637. The maximum atomic E-state index is 11.3. The summed E-state index contributed by atoms with van der Waals surface area (Å²) in [4.78, 5) is 18.1. The third kappa shape index (κ3) is 2.93. The highest BCUT2D eigenvalue weighted by atomic mass is 16.5. The third-order valence-electron chi connectivity index (χ3n) is 3.59. The molecule has 1 aromatic rings. The molecule has 0 aliphatic carbocycles. The van der Waals surface area contributed by atoms with E-state index in [1.807, 2.05) is 13.8 Å². The zero-order valence-corrected chi connectivity index (χ0v) is 12.5. The number of carboxylic acids is 1. The zero-order chi connectivity index (χ0) is 14.9. The molecule has 0 amide bonds. The summed E-state index contributed by atoms with van der Waals surface area (Å²) in [5.74, 6) is 0.000665. The van der Waals surface area contributed by atoms with Gasteiger partial charge in [-0.25, -0.2) is 9.78 Å². The van der Waals surface area contributed by atoms with Crippen LogP contribution in [0.4, 0.5) is 5.82 Å². The molecule has 0 bridgehead atoms. The molecule has 5 nitrogen and oxygen atoms in total. The number of anilines is 1. The maximum absolute atomic E-state index is 11.3. The number of morpholine rings is 1. The van der Waals surface area contributed by atoms with Gasteiger partial charge < -0.3 is 14.7 Å². The quantitative estimate of drug-likeness (QED) is 0.920. The van der Waals surface area contributed by atoms with Crippen molar-refractivity contribution in [2.45, 2.75) is 39.2 Å². The van der Waals surface area contributed by atoms with E-state index in [2.05, 4.69) is 23.7 Å². The maximum Gasteiger partial charge on any atom is 0.335 e. The molecule has 0 aromatic carbocycles. The van der Waals surface area contributed by atoms with Crippen LogP contribution in [0, 0.1) is 0 Å². The number of hydrogen-bond donors (Lipinski definition) is 1. The fraction of sp³-hybridized carbons (Fsp3) is 0.600. The fourth-order valence-corrected chi connectivity index (χ4v) is 2.38. The second kappa shape index (κ2) is 5.40. The van der Waals surface area contributed by atoms with Crippen molar-refractivity contribution in [3.05, 3.63) is 23.4 Å². The number of pyridine rings is 1. The van der Waals surface area contributed by atoms with E-state index in [0.717, 1.165) is 18.1 Å². The average molecular weight is 278 g/mol. The van der Waals surface area contributed by atoms with Gasteiger partial charge in [0.25, 0.3) is 0 Å². The van der Waals surface area contributed by atoms with Crippen molar-refractivity contribution in [3.8, 4) is 0 Å². The van der Waals surface area contributed by atoms with Crippen LogP contribution in [-0.4, -0.2) is 41.4 Å². The average Bonchev–Trinajstić information content (AvgIpc) is 2.37. The van der Waals surface area contributed by atoms with Crippen molar-refractivity contribution in [3.63, 3.8) is 0 Å². The topological polar surface area (TPSA) is 62.7 Å². The zero-order valence-electron chi connectivity index (χ0n) is 12.5. The Morgan fingerprint density at radius 2 is 2.15 bits per heavy atom. The molecule has 0 radical (unpaired) electrons. The number of nitrogens with zero attached hydrogens (tertiary/aromatic N) is 2. The Labute approximate surface area is 119 Å². The second-order valence-electron chi connectivity index (χ2n) is 6.12. The Kier molecular flexibility index (Phi) is 3.99. The number of aromatic carboxylic acids is 1. The van der Waals surface area contributed by atoms with Gasteiger partial charge in [0.05, 0.1) is 24.3 Å². The fourth-order valence-electron chi connectivity index (χ4n) is 2.38. The third-order valence-corrected chi connectivity index (χ3v) is 3.59. The van der Waals surface area contributed by atoms with E-state index in [-0.39, 0.29) is 11.5 Å². The molecule has 1 fully saturated rings. The van der Waals surface area contributed by atoms with E-state index in [1.165, 1.54) is 0 Å². The van der Waals surface area contributed by atoms with E-state index in [1.54, 1.807) is 12.1 Å². The molecule has 0 saturated carbocycles. The van der Waals surface area contributed by atoms with E-state index in [4.69, 9.17) is 4.74 Å². The van der Waals surface area contributed by atoms with E-state index < -0.39 is 5.97 Å². The van der Waals surface area contributed by atoms with Gasteiger partial charge in [0.1, 0.15) is 5.82 Å². The Bertz CT molecular complexity index is 512. The van der Waals surface area contributed by atoms with Gasteiger partial charge >= 0.3 is 5.97 Å². The highest BCUT2D eigenvalue weighted by Crippen LogP contribution is 2.28. The molecule has 1 aliphatic heterocycles. The number of carboxylic acid groups (broad SMARTS) is 1. The number of ether oxygens (including phenoxy) is 1. The summed E-state index contributed by atoms with van der Waals surface area (Å²) in [6.07, 6.45) is 0. The summed E-state index contributed by atoms with van der Waals surface area (Å²) in [7, 11) is 0. The SMILES string of the molecule is CC(C)c1cc(C(=O)O)cc(N2CCOCC2(C)C)n1.